The minimum Gasteiger partial charge on any atom is -0.383 e. The zero-order chi connectivity index (χ0) is 12.6. The van der Waals surface area contributed by atoms with E-state index in [2.05, 4.69) is 32.6 Å². The number of nitrogens with zero attached hydrogens (tertiary/aromatic N) is 1. The predicted octanol–water partition coefficient (Wildman–Crippen LogP) is 1.96. The van der Waals surface area contributed by atoms with Crippen molar-refractivity contribution in [3.05, 3.63) is 0 Å². The van der Waals surface area contributed by atoms with Gasteiger partial charge in [0.05, 0.1) is 6.61 Å². The summed E-state index contributed by atoms with van der Waals surface area (Å²) in [7, 11) is 1.76. The molecule has 0 spiro atoms. The minimum atomic E-state index is 0.498. The van der Waals surface area contributed by atoms with Crippen LogP contribution in [0.2, 0.25) is 0 Å². The number of rotatable bonds is 9. The zero-order valence-electron chi connectivity index (χ0n) is 11.7. The van der Waals surface area contributed by atoms with E-state index in [1.807, 2.05) is 0 Å². The van der Waals surface area contributed by atoms with Crippen LogP contribution in [0.15, 0.2) is 0 Å². The third-order valence-electron chi connectivity index (χ3n) is 2.71. The second kappa shape index (κ2) is 8.97. The van der Waals surface area contributed by atoms with Gasteiger partial charge in [0.1, 0.15) is 0 Å². The Kier molecular flexibility index (Phi) is 8.90. The number of methoxy groups -OCH3 is 1. The van der Waals surface area contributed by atoms with E-state index in [0.717, 1.165) is 26.2 Å². The van der Waals surface area contributed by atoms with Crippen LogP contribution >= 0.6 is 0 Å². The molecule has 0 bridgehead atoms. The Balaban J connectivity index is 4.29. The highest BCUT2D eigenvalue weighted by molar-refractivity contribution is 4.75. The minimum absolute atomic E-state index is 0.498. The van der Waals surface area contributed by atoms with E-state index >= 15 is 0 Å². The van der Waals surface area contributed by atoms with Crippen LogP contribution in [0.25, 0.3) is 0 Å². The molecule has 0 aromatic carbocycles. The van der Waals surface area contributed by atoms with Gasteiger partial charge in [-0.25, -0.2) is 0 Å². The van der Waals surface area contributed by atoms with Gasteiger partial charge in [0.2, 0.25) is 0 Å². The van der Waals surface area contributed by atoms with Crippen LogP contribution in [-0.4, -0.2) is 44.3 Å². The second-order valence-electron chi connectivity index (χ2n) is 5.40. The van der Waals surface area contributed by atoms with E-state index in [4.69, 9.17) is 10.5 Å². The molecule has 98 valence electrons. The summed E-state index contributed by atoms with van der Waals surface area (Å²) in [4.78, 5) is 2.48. The molecular weight excluding hydrogens is 200 g/mol. The van der Waals surface area contributed by atoms with Crippen LogP contribution in [0.3, 0.4) is 0 Å². The Labute approximate surface area is 101 Å². The average Bonchev–Trinajstić information content (AvgIpc) is 2.20. The molecule has 0 aliphatic carbocycles. The highest BCUT2D eigenvalue weighted by Crippen LogP contribution is 2.12. The van der Waals surface area contributed by atoms with E-state index < -0.39 is 0 Å². The summed E-state index contributed by atoms with van der Waals surface area (Å²) in [6, 6.07) is 0.498. The van der Waals surface area contributed by atoms with Gasteiger partial charge in [-0.15, -0.1) is 0 Å². The smallest absolute Gasteiger partial charge is 0.0589 e. The molecule has 0 amide bonds. The van der Waals surface area contributed by atoms with Crippen molar-refractivity contribution in [3.63, 3.8) is 0 Å². The summed E-state index contributed by atoms with van der Waals surface area (Å²) in [5.74, 6) is 1.38. The lowest BCUT2D eigenvalue weighted by molar-refractivity contribution is 0.103. The van der Waals surface area contributed by atoms with Crippen molar-refractivity contribution < 1.29 is 4.74 Å². The lowest BCUT2D eigenvalue weighted by atomic mass is 10.0. The molecule has 0 aromatic heterocycles. The SMILES string of the molecule is COCCN(CC(C)C)C(CN)CC(C)C. The van der Waals surface area contributed by atoms with Gasteiger partial charge in [-0.3, -0.25) is 4.90 Å². The molecule has 0 aliphatic heterocycles. The third-order valence-corrected chi connectivity index (χ3v) is 2.71. The van der Waals surface area contributed by atoms with Gasteiger partial charge in [-0.05, 0) is 18.3 Å². The van der Waals surface area contributed by atoms with Gasteiger partial charge in [0.15, 0.2) is 0 Å². The lowest BCUT2D eigenvalue weighted by Gasteiger charge is -2.33. The molecule has 0 rings (SSSR count). The Hall–Kier alpha value is -0.120. The van der Waals surface area contributed by atoms with Crippen LogP contribution in [0.4, 0.5) is 0 Å². The van der Waals surface area contributed by atoms with Crippen molar-refractivity contribution >= 4 is 0 Å². The lowest BCUT2D eigenvalue weighted by Crippen LogP contribution is -2.44. The summed E-state index contributed by atoms with van der Waals surface area (Å²) in [6.07, 6.45) is 1.17. The molecule has 0 fully saturated rings. The molecule has 0 saturated heterocycles. The molecule has 2 N–H and O–H groups in total. The van der Waals surface area contributed by atoms with Gasteiger partial charge in [-0.2, -0.15) is 0 Å². The standard InChI is InChI=1S/C13H30N2O/c1-11(2)8-13(9-14)15(6-7-16-5)10-12(3)4/h11-13H,6-10,14H2,1-5H3. The molecule has 3 nitrogen and oxygen atoms in total. The molecule has 0 aliphatic rings. The normalized spacial score (nSPS) is 14.1. The number of hydrogen-bond acceptors (Lipinski definition) is 3. The molecule has 0 heterocycles. The van der Waals surface area contributed by atoms with Gasteiger partial charge in [0, 0.05) is 32.8 Å². The Morgan fingerprint density at radius 2 is 1.75 bits per heavy atom. The highest BCUT2D eigenvalue weighted by atomic mass is 16.5. The molecule has 3 heteroatoms. The van der Waals surface area contributed by atoms with Crippen molar-refractivity contribution in [1.29, 1.82) is 0 Å². The van der Waals surface area contributed by atoms with Crippen molar-refractivity contribution in [3.8, 4) is 0 Å². The third kappa shape index (κ3) is 7.20. The monoisotopic (exact) mass is 230 g/mol. The Bertz CT molecular complexity index is 160. The fourth-order valence-corrected chi connectivity index (χ4v) is 2.04. The van der Waals surface area contributed by atoms with Crippen molar-refractivity contribution in [1.82, 2.24) is 4.90 Å². The van der Waals surface area contributed by atoms with Crippen molar-refractivity contribution in [2.24, 2.45) is 17.6 Å². The van der Waals surface area contributed by atoms with E-state index in [1.54, 1.807) is 7.11 Å². The quantitative estimate of drug-likeness (QED) is 0.658. The molecule has 1 atom stereocenters. The van der Waals surface area contributed by atoms with E-state index in [1.165, 1.54) is 6.42 Å². The zero-order valence-corrected chi connectivity index (χ0v) is 11.7. The number of ether oxygens (including phenoxy) is 1. The van der Waals surface area contributed by atoms with E-state index in [-0.39, 0.29) is 0 Å². The first-order chi connectivity index (χ1) is 7.51. The maximum absolute atomic E-state index is 5.89. The Morgan fingerprint density at radius 3 is 2.12 bits per heavy atom. The maximum atomic E-state index is 5.89. The van der Waals surface area contributed by atoms with Gasteiger partial charge in [-0.1, -0.05) is 27.7 Å². The van der Waals surface area contributed by atoms with Crippen LogP contribution < -0.4 is 5.73 Å². The summed E-state index contributed by atoms with van der Waals surface area (Å²) in [5, 5.41) is 0. The van der Waals surface area contributed by atoms with Gasteiger partial charge in [0.25, 0.3) is 0 Å². The first-order valence-electron chi connectivity index (χ1n) is 6.44. The first-order valence-corrected chi connectivity index (χ1v) is 6.44. The van der Waals surface area contributed by atoms with Crippen LogP contribution in [0, 0.1) is 11.8 Å². The van der Waals surface area contributed by atoms with Gasteiger partial charge >= 0.3 is 0 Å². The maximum Gasteiger partial charge on any atom is 0.0589 e. The Morgan fingerprint density at radius 1 is 1.12 bits per heavy atom. The fourth-order valence-electron chi connectivity index (χ4n) is 2.04. The topological polar surface area (TPSA) is 38.5 Å². The van der Waals surface area contributed by atoms with E-state index in [0.29, 0.717) is 17.9 Å². The van der Waals surface area contributed by atoms with Crippen LogP contribution in [0.5, 0.6) is 0 Å². The number of hydrogen-bond donors (Lipinski definition) is 1. The highest BCUT2D eigenvalue weighted by Gasteiger charge is 2.18. The molecule has 0 saturated carbocycles. The molecule has 1 unspecified atom stereocenters. The van der Waals surface area contributed by atoms with E-state index in [9.17, 15) is 0 Å². The predicted molar refractivity (Wildman–Crippen MR) is 70.6 cm³/mol. The summed E-state index contributed by atoms with van der Waals surface area (Å²) in [6.45, 7) is 12.7. The summed E-state index contributed by atoms with van der Waals surface area (Å²) >= 11 is 0. The molecular formula is C13H30N2O. The summed E-state index contributed by atoms with van der Waals surface area (Å²) in [5.41, 5.74) is 5.89. The van der Waals surface area contributed by atoms with Crippen molar-refractivity contribution in [2.45, 2.75) is 40.2 Å². The molecule has 0 aromatic rings. The first kappa shape index (κ1) is 15.9. The summed E-state index contributed by atoms with van der Waals surface area (Å²) < 4.78 is 5.17. The van der Waals surface area contributed by atoms with Gasteiger partial charge < -0.3 is 10.5 Å². The second-order valence-corrected chi connectivity index (χ2v) is 5.40. The van der Waals surface area contributed by atoms with Crippen LogP contribution in [0.1, 0.15) is 34.1 Å². The molecule has 16 heavy (non-hydrogen) atoms. The average molecular weight is 230 g/mol. The van der Waals surface area contributed by atoms with Crippen molar-refractivity contribution in [2.75, 3.05) is 33.4 Å². The largest absolute Gasteiger partial charge is 0.383 e. The number of nitrogens with two attached hydrogens (primary N) is 1. The molecule has 0 radical (unpaired) electrons. The van der Waals surface area contributed by atoms with Crippen LogP contribution in [-0.2, 0) is 4.74 Å². The fraction of sp³-hybridized carbons (Fsp3) is 1.00.